The Balaban J connectivity index is 2.21. The van der Waals surface area contributed by atoms with E-state index in [2.05, 4.69) is 6.58 Å². The fourth-order valence-corrected chi connectivity index (χ4v) is 2.55. The van der Waals surface area contributed by atoms with Gasteiger partial charge in [-0.15, -0.1) is 18.3 Å². The summed E-state index contributed by atoms with van der Waals surface area (Å²) in [6.45, 7) is 3.71. The highest BCUT2D eigenvalue weighted by Gasteiger charge is 1.99. The van der Waals surface area contributed by atoms with Crippen LogP contribution in [0.15, 0.2) is 35.7 Å². The zero-order valence-corrected chi connectivity index (χ0v) is 11.0. The molecule has 1 nitrogen and oxygen atoms in total. The lowest BCUT2D eigenvalue weighted by Gasteiger charge is -2.03. The van der Waals surface area contributed by atoms with Crippen LogP contribution in [0.4, 0.5) is 5.69 Å². The lowest BCUT2D eigenvalue weighted by atomic mass is 10.2. The van der Waals surface area contributed by atoms with Crippen LogP contribution in [0.3, 0.4) is 0 Å². The van der Waals surface area contributed by atoms with Crippen molar-refractivity contribution in [3.8, 4) is 0 Å². The van der Waals surface area contributed by atoms with Crippen molar-refractivity contribution in [3.63, 3.8) is 0 Å². The largest absolute Gasteiger partial charge is 0.398 e. The van der Waals surface area contributed by atoms with E-state index < -0.39 is 0 Å². The molecule has 2 N–H and O–H groups in total. The quantitative estimate of drug-likeness (QED) is 0.329. The second-order valence-corrected chi connectivity index (χ2v) is 5.25. The molecule has 0 aliphatic carbocycles. The molecule has 0 aliphatic heterocycles. The highest BCUT2D eigenvalue weighted by atomic mass is 35.5. The Morgan fingerprint density at radius 1 is 1.31 bits per heavy atom. The smallest absolute Gasteiger partial charge is 0.0646 e. The van der Waals surface area contributed by atoms with Gasteiger partial charge in [0.05, 0.1) is 10.7 Å². The standard InChI is InChI=1S/C13H18ClNS/c1-2-3-4-5-6-9-16-11-7-8-13(15)12(14)10-11/h2,7-8,10H,1,3-6,9,15H2. The first-order valence-corrected chi connectivity index (χ1v) is 6.89. The lowest BCUT2D eigenvalue weighted by Crippen LogP contribution is -1.86. The number of benzene rings is 1. The maximum atomic E-state index is 5.95. The van der Waals surface area contributed by atoms with E-state index >= 15 is 0 Å². The summed E-state index contributed by atoms with van der Waals surface area (Å²) in [5.41, 5.74) is 6.30. The van der Waals surface area contributed by atoms with Crippen LogP contribution in [0.1, 0.15) is 25.7 Å². The SMILES string of the molecule is C=CCCCCCSc1ccc(N)c(Cl)c1. The zero-order chi connectivity index (χ0) is 11.8. The fourth-order valence-electron chi connectivity index (χ4n) is 1.36. The van der Waals surface area contributed by atoms with Crippen LogP contribution in [0.5, 0.6) is 0 Å². The molecule has 1 aromatic rings. The number of rotatable bonds is 7. The van der Waals surface area contributed by atoms with Gasteiger partial charge < -0.3 is 5.73 Å². The summed E-state index contributed by atoms with van der Waals surface area (Å²) < 4.78 is 0. The molecule has 0 heterocycles. The van der Waals surface area contributed by atoms with Crippen LogP contribution in [0.2, 0.25) is 5.02 Å². The monoisotopic (exact) mass is 255 g/mol. The Morgan fingerprint density at radius 3 is 2.81 bits per heavy atom. The topological polar surface area (TPSA) is 26.0 Å². The molecule has 0 saturated carbocycles. The first-order chi connectivity index (χ1) is 7.74. The van der Waals surface area contributed by atoms with Crippen LogP contribution >= 0.6 is 23.4 Å². The van der Waals surface area contributed by atoms with Crippen molar-refractivity contribution < 1.29 is 0 Å². The second-order valence-electron chi connectivity index (χ2n) is 3.67. The van der Waals surface area contributed by atoms with E-state index in [0.717, 1.165) is 12.2 Å². The number of anilines is 1. The Labute approximate surface area is 107 Å². The third-order valence-corrected chi connectivity index (χ3v) is 3.70. The fraction of sp³-hybridized carbons (Fsp3) is 0.385. The van der Waals surface area contributed by atoms with E-state index in [1.54, 1.807) is 0 Å². The van der Waals surface area contributed by atoms with Crippen LogP contribution in [-0.4, -0.2) is 5.75 Å². The molecular weight excluding hydrogens is 238 g/mol. The number of hydrogen-bond acceptors (Lipinski definition) is 2. The molecule has 1 aromatic carbocycles. The van der Waals surface area contributed by atoms with Gasteiger partial charge in [-0.25, -0.2) is 0 Å². The van der Waals surface area contributed by atoms with Crippen LogP contribution in [-0.2, 0) is 0 Å². The number of nitrogens with two attached hydrogens (primary N) is 1. The number of thioether (sulfide) groups is 1. The molecule has 0 atom stereocenters. The van der Waals surface area contributed by atoms with E-state index in [-0.39, 0.29) is 0 Å². The molecular formula is C13H18ClNS. The van der Waals surface area contributed by atoms with Crippen molar-refractivity contribution >= 4 is 29.1 Å². The number of nitrogen functional groups attached to an aromatic ring is 1. The van der Waals surface area contributed by atoms with Gasteiger partial charge in [-0.2, -0.15) is 0 Å². The van der Waals surface area contributed by atoms with Gasteiger partial charge >= 0.3 is 0 Å². The molecule has 16 heavy (non-hydrogen) atoms. The van der Waals surface area contributed by atoms with E-state index in [1.807, 2.05) is 36.0 Å². The van der Waals surface area contributed by atoms with Gasteiger partial charge in [-0.3, -0.25) is 0 Å². The number of hydrogen-bond donors (Lipinski definition) is 1. The summed E-state index contributed by atoms with van der Waals surface area (Å²) >= 11 is 7.78. The Bertz CT molecular complexity index is 339. The number of halogens is 1. The molecule has 0 saturated heterocycles. The molecule has 0 unspecified atom stereocenters. The van der Waals surface area contributed by atoms with Gasteiger partial charge in [-0.05, 0) is 43.2 Å². The maximum Gasteiger partial charge on any atom is 0.0646 e. The van der Waals surface area contributed by atoms with Crippen molar-refractivity contribution in [2.45, 2.75) is 30.6 Å². The predicted molar refractivity (Wildman–Crippen MR) is 75.3 cm³/mol. The van der Waals surface area contributed by atoms with Crippen LogP contribution in [0, 0.1) is 0 Å². The molecule has 0 radical (unpaired) electrons. The summed E-state index contributed by atoms with van der Waals surface area (Å²) in [7, 11) is 0. The molecule has 0 amide bonds. The van der Waals surface area contributed by atoms with Crippen molar-refractivity contribution in [3.05, 3.63) is 35.9 Å². The average Bonchev–Trinajstić information content (AvgIpc) is 2.28. The van der Waals surface area contributed by atoms with Gasteiger partial charge in [-0.1, -0.05) is 24.1 Å². The molecule has 1 rings (SSSR count). The minimum atomic E-state index is 0.650. The third kappa shape index (κ3) is 4.95. The summed E-state index contributed by atoms with van der Waals surface area (Å²) in [6.07, 6.45) is 6.85. The molecule has 3 heteroatoms. The maximum absolute atomic E-state index is 5.95. The summed E-state index contributed by atoms with van der Waals surface area (Å²) in [4.78, 5) is 1.20. The van der Waals surface area contributed by atoms with Gasteiger partial charge in [0.15, 0.2) is 0 Å². The third-order valence-electron chi connectivity index (χ3n) is 2.29. The van der Waals surface area contributed by atoms with Gasteiger partial charge in [0, 0.05) is 4.90 Å². The van der Waals surface area contributed by atoms with Gasteiger partial charge in [0.25, 0.3) is 0 Å². The van der Waals surface area contributed by atoms with Gasteiger partial charge in [0.2, 0.25) is 0 Å². The van der Waals surface area contributed by atoms with E-state index in [0.29, 0.717) is 10.7 Å². The number of unbranched alkanes of at least 4 members (excludes halogenated alkanes) is 3. The lowest BCUT2D eigenvalue weighted by molar-refractivity contribution is 0.735. The van der Waals surface area contributed by atoms with Gasteiger partial charge in [0.1, 0.15) is 0 Å². The molecule has 0 aliphatic rings. The minimum Gasteiger partial charge on any atom is -0.398 e. The average molecular weight is 256 g/mol. The Kier molecular flexibility index (Phi) is 6.43. The zero-order valence-electron chi connectivity index (χ0n) is 9.42. The summed E-state index contributed by atoms with van der Waals surface area (Å²) in [5.74, 6) is 1.14. The Morgan fingerprint density at radius 2 is 2.12 bits per heavy atom. The van der Waals surface area contributed by atoms with Crippen molar-refractivity contribution in [1.29, 1.82) is 0 Å². The molecule has 88 valence electrons. The molecule has 0 bridgehead atoms. The summed E-state index contributed by atoms with van der Waals surface area (Å²) in [5, 5.41) is 0.650. The molecule has 0 fully saturated rings. The first-order valence-electron chi connectivity index (χ1n) is 5.52. The molecule has 0 aromatic heterocycles. The van der Waals surface area contributed by atoms with E-state index in [9.17, 15) is 0 Å². The highest BCUT2D eigenvalue weighted by Crippen LogP contribution is 2.26. The summed E-state index contributed by atoms with van der Waals surface area (Å²) in [6, 6.07) is 5.82. The van der Waals surface area contributed by atoms with Crippen LogP contribution in [0.25, 0.3) is 0 Å². The van der Waals surface area contributed by atoms with E-state index in [4.69, 9.17) is 17.3 Å². The second kappa shape index (κ2) is 7.64. The normalized spacial score (nSPS) is 10.3. The highest BCUT2D eigenvalue weighted by molar-refractivity contribution is 7.99. The number of allylic oxidation sites excluding steroid dienone is 1. The predicted octanol–water partition coefficient (Wildman–Crippen LogP) is 4.76. The molecule has 0 spiro atoms. The van der Waals surface area contributed by atoms with Crippen molar-refractivity contribution in [2.75, 3.05) is 11.5 Å². The minimum absolute atomic E-state index is 0.650. The van der Waals surface area contributed by atoms with E-state index in [1.165, 1.54) is 24.2 Å². The Hall–Kier alpha value is -0.600. The first kappa shape index (κ1) is 13.5. The van der Waals surface area contributed by atoms with Crippen molar-refractivity contribution in [1.82, 2.24) is 0 Å². The van der Waals surface area contributed by atoms with Crippen LogP contribution < -0.4 is 5.73 Å². The van der Waals surface area contributed by atoms with Crippen molar-refractivity contribution in [2.24, 2.45) is 0 Å².